The molecule has 2 heterocycles. The number of carbonyl (C=O) groups excluding carboxylic acids is 3. The molecule has 3 amide bonds. The largest absolute Gasteiger partial charge is 0.341 e. The number of amides is 3. The minimum Gasteiger partial charge on any atom is -0.341 e. The highest BCUT2D eigenvalue weighted by Crippen LogP contribution is 2.40. The molecule has 4 rings (SSSR count). The second kappa shape index (κ2) is 10.4. The van der Waals surface area contributed by atoms with Crippen LogP contribution in [0.4, 0.5) is 11.4 Å². The first-order valence-electron chi connectivity index (χ1n) is 11.7. The number of nitrogens with one attached hydrogen (secondary N) is 1. The van der Waals surface area contributed by atoms with Gasteiger partial charge < -0.3 is 15.1 Å². The summed E-state index contributed by atoms with van der Waals surface area (Å²) in [4.78, 5) is 43.7. The van der Waals surface area contributed by atoms with Crippen LogP contribution in [0.15, 0.2) is 53.4 Å². The second-order valence-electron chi connectivity index (χ2n) is 8.95. The molecule has 0 aromatic heterocycles. The predicted molar refractivity (Wildman–Crippen MR) is 133 cm³/mol. The molecule has 0 spiro atoms. The maximum absolute atomic E-state index is 13.4. The predicted octanol–water partition coefficient (Wildman–Crippen LogP) is 4.66. The van der Waals surface area contributed by atoms with E-state index in [0.29, 0.717) is 30.4 Å². The third kappa shape index (κ3) is 5.41. The number of anilines is 2. The van der Waals surface area contributed by atoms with Gasteiger partial charge in [0, 0.05) is 23.7 Å². The van der Waals surface area contributed by atoms with Crippen molar-refractivity contribution in [2.24, 2.45) is 0 Å². The molecule has 0 aliphatic carbocycles. The molecule has 2 aromatic rings. The van der Waals surface area contributed by atoms with Crippen LogP contribution in [-0.2, 0) is 14.4 Å². The molecule has 7 heteroatoms. The Balaban J connectivity index is 1.51. The lowest BCUT2D eigenvalue weighted by molar-refractivity contribution is -0.135. The van der Waals surface area contributed by atoms with Gasteiger partial charge in [0.15, 0.2) is 5.25 Å². The molecule has 33 heavy (non-hydrogen) atoms. The van der Waals surface area contributed by atoms with E-state index in [4.69, 9.17) is 0 Å². The van der Waals surface area contributed by atoms with E-state index in [1.807, 2.05) is 53.4 Å². The standard InChI is InChI=1S/C26H31N3O3S/c1-18(2)19-11-13-20(14-12-19)27-23(30)17-29-21-9-5-6-10-22(21)33-24(26(29)32)25(31)28-15-7-3-4-8-16-28/h5-6,9-14,18,24H,3-4,7-8,15-17H2,1-2H3,(H,27,30)/t24-/m1/s1. The number of benzene rings is 2. The average molecular weight is 466 g/mol. The molecule has 1 fully saturated rings. The van der Waals surface area contributed by atoms with Crippen molar-refractivity contribution in [2.45, 2.75) is 55.6 Å². The summed E-state index contributed by atoms with van der Waals surface area (Å²) in [6, 6.07) is 15.2. The van der Waals surface area contributed by atoms with Gasteiger partial charge in [-0.1, -0.05) is 51.0 Å². The molecular formula is C26H31N3O3S. The Morgan fingerprint density at radius 1 is 1.00 bits per heavy atom. The van der Waals surface area contributed by atoms with Crippen molar-refractivity contribution in [3.63, 3.8) is 0 Å². The van der Waals surface area contributed by atoms with Gasteiger partial charge in [-0.15, -0.1) is 11.8 Å². The van der Waals surface area contributed by atoms with Gasteiger partial charge >= 0.3 is 0 Å². The Kier molecular flexibility index (Phi) is 7.38. The monoisotopic (exact) mass is 465 g/mol. The van der Waals surface area contributed by atoms with Crippen LogP contribution in [0, 0.1) is 0 Å². The first kappa shape index (κ1) is 23.4. The number of para-hydroxylation sites is 1. The van der Waals surface area contributed by atoms with E-state index in [-0.39, 0.29) is 24.3 Å². The molecule has 0 radical (unpaired) electrons. The maximum atomic E-state index is 13.4. The molecule has 174 valence electrons. The second-order valence-corrected chi connectivity index (χ2v) is 10.1. The van der Waals surface area contributed by atoms with Crippen molar-refractivity contribution in [3.8, 4) is 0 Å². The zero-order chi connectivity index (χ0) is 23.4. The molecule has 0 bridgehead atoms. The van der Waals surface area contributed by atoms with Crippen LogP contribution in [-0.4, -0.2) is 47.5 Å². The van der Waals surface area contributed by atoms with Crippen molar-refractivity contribution in [2.75, 3.05) is 29.9 Å². The van der Waals surface area contributed by atoms with Crippen molar-refractivity contribution in [1.29, 1.82) is 0 Å². The van der Waals surface area contributed by atoms with Gasteiger partial charge in [0.05, 0.1) is 5.69 Å². The number of nitrogens with zero attached hydrogens (tertiary/aromatic N) is 2. The molecule has 1 atom stereocenters. The minimum atomic E-state index is -0.851. The minimum absolute atomic E-state index is 0.133. The van der Waals surface area contributed by atoms with E-state index in [0.717, 1.165) is 30.6 Å². The Morgan fingerprint density at radius 3 is 2.33 bits per heavy atom. The van der Waals surface area contributed by atoms with Crippen LogP contribution >= 0.6 is 11.8 Å². The van der Waals surface area contributed by atoms with Gasteiger partial charge in [-0.05, 0) is 48.6 Å². The first-order chi connectivity index (χ1) is 15.9. The summed E-state index contributed by atoms with van der Waals surface area (Å²) in [6.07, 6.45) is 4.16. The molecule has 2 aliphatic rings. The Hall–Kier alpha value is -2.80. The Labute approximate surface area is 199 Å². The van der Waals surface area contributed by atoms with Gasteiger partial charge in [-0.2, -0.15) is 0 Å². The summed E-state index contributed by atoms with van der Waals surface area (Å²) in [7, 11) is 0. The fourth-order valence-electron chi connectivity index (χ4n) is 4.29. The number of hydrogen-bond acceptors (Lipinski definition) is 4. The van der Waals surface area contributed by atoms with Gasteiger partial charge in [0.25, 0.3) is 5.91 Å². The SMILES string of the molecule is CC(C)c1ccc(NC(=O)CN2C(=O)[C@@H](C(=O)N3CCCCCC3)Sc3ccccc32)cc1. The molecule has 1 saturated heterocycles. The molecular weight excluding hydrogens is 434 g/mol. The van der Waals surface area contributed by atoms with E-state index >= 15 is 0 Å². The van der Waals surface area contributed by atoms with Crippen molar-refractivity contribution in [1.82, 2.24) is 4.90 Å². The van der Waals surface area contributed by atoms with Crippen LogP contribution in [0.2, 0.25) is 0 Å². The summed E-state index contributed by atoms with van der Waals surface area (Å²) in [5.74, 6) is -0.342. The lowest BCUT2D eigenvalue weighted by Crippen LogP contribution is -2.51. The third-order valence-electron chi connectivity index (χ3n) is 6.20. The number of likely N-dealkylation sites (tertiary alicyclic amines) is 1. The molecule has 0 unspecified atom stereocenters. The van der Waals surface area contributed by atoms with Gasteiger partial charge in [-0.3, -0.25) is 14.4 Å². The van der Waals surface area contributed by atoms with E-state index in [2.05, 4.69) is 19.2 Å². The fourth-order valence-corrected chi connectivity index (χ4v) is 5.48. The highest BCUT2D eigenvalue weighted by Gasteiger charge is 2.40. The smallest absolute Gasteiger partial charge is 0.250 e. The molecule has 2 aromatic carbocycles. The lowest BCUT2D eigenvalue weighted by atomic mass is 10.0. The van der Waals surface area contributed by atoms with Crippen LogP contribution < -0.4 is 10.2 Å². The van der Waals surface area contributed by atoms with Crippen LogP contribution in [0.1, 0.15) is 51.0 Å². The van der Waals surface area contributed by atoms with Crippen molar-refractivity contribution >= 4 is 40.9 Å². The summed E-state index contributed by atoms with van der Waals surface area (Å²) >= 11 is 1.30. The Morgan fingerprint density at radius 2 is 1.67 bits per heavy atom. The number of rotatable bonds is 5. The lowest BCUT2D eigenvalue weighted by Gasteiger charge is -2.34. The van der Waals surface area contributed by atoms with Crippen LogP contribution in [0.5, 0.6) is 0 Å². The van der Waals surface area contributed by atoms with E-state index in [1.165, 1.54) is 22.2 Å². The Bertz CT molecular complexity index is 1010. The van der Waals surface area contributed by atoms with Gasteiger partial charge in [0.2, 0.25) is 11.8 Å². The van der Waals surface area contributed by atoms with E-state index < -0.39 is 5.25 Å². The van der Waals surface area contributed by atoms with Crippen LogP contribution in [0.25, 0.3) is 0 Å². The highest BCUT2D eigenvalue weighted by molar-refractivity contribution is 8.01. The number of hydrogen-bond donors (Lipinski definition) is 1. The normalized spacial score (nSPS) is 18.6. The summed E-state index contributed by atoms with van der Waals surface area (Å²) in [5, 5.41) is 2.04. The number of fused-ring (bicyclic) bond motifs is 1. The third-order valence-corrected chi connectivity index (χ3v) is 7.43. The van der Waals surface area contributed by atoms with Crippen molar-refractivity contribution < 1.29 is 14.4 Å². The highest BCUT2D eigenvalue weighted by atomic mass is 32.2. The molecule has 2 aliphatic heterocycles. The maximum Gasteiger partial charge on any atom is 0.250 e. The topological polar surface area (TPSA) is 69.7 Å². The summed E-state index contributed by atoms with van der Waals surface area (Å²) in [6.45, 7) is 5.49. The van der Waals surface area contributed by atoms with E-state index in [9.17, 15) is 14.4 Å². The average Bonchev–Trinajstić information content (AvgIpc) is 3.10. The summed E-state index contributed by atoms with van der Waals surface area (Å²) < 4.78 is 0. The van der Waals surface area contributed by atoms with Crippen LogP contribution in [0.3, 0.4) is 0 Å². The van der Waals surface area contributed by atoms with Gasteiger partial charge in [-0.25, -0.2) is 0 Å². The molecule has 6 nitrogen and oxygen atoms in total. The first-order valence-corrected chi connectivity index (χ1v) is 12.6. The van der Waals surface area contributed by atoms with Crippen molar-refractivity contribution in [3.05, 3.63) is 54.1 Å². The fraction of sp³-hybridized carbons (Fsp3) is 0.423. The quantitative estimate of drug-likeness (QED) is 0.652. The molecule has 0 saturated carbocycles. The number of thioether (sulfide) groups is 1. The van der Waals surface area contributed by atoms with Gasteiger partial charge in [0.1, 0.15) is 6.54 Å². The zero-order valence-corrected chi connectivity index (χ0v) is 20.1. The number of carbonyl (C=O) groups is 3. The summed E-state index contributed by atoms with van der Waals surface area (Å²) in [5.41, 5.74) is 2.56. The molecule has 1 N–H and O–H groups in total. The van der Waals surface area contributed by atoms with E-state index in [1.54, 1.807) is 0 Å². The zero-order valence-electron chi connectivity index (χ0n) is 19.3.